The van der Waals surface area contributed by atoms with Gasteiger partial charge in [-0.1, -0.05) is 13.8 Å². The molecule has 0 rings (SSSR count). The molecular formula is C11H22N2O3. The van der Waals surface area contributed by atoms with Gasteiger partial charge in [-0.05, 0) is 19.9 Å². The Morgan fingerprint density at radius 1 is 1.31 bits per heavy atom. The number of carboxylic acids is 1. The lowest BCUT2D eigenvalue weighted by Gasteiger charge is -2.28. The molecule has 0 aliphatic rings. The predicted octanol–water partition coefficient (Wildman–Crippen LogP) is 0.696. The highest BCUT2D eigenvalue weighted by molar-refractivity contribution is 5.82. The zero-order valence-corrected chi connectivity index (χ0v) is 10.5. The first kappa shape index (κ1) is 14.9. The minimum atomic E-state index is -0.993. The fourth-order valence-corrected chi connectivity index (χ4v) is 1.78. The summed E-state index contributed by atoms with van der Waals surface area (Å²) in [4.78, 5) is 23.8. The number of likely N-dealkylation sites (N-methyl/N-ethyl adjacent to an activating group) is 1. The molecule has 0 aromatic rings. The first-order chi connectivity index (χ1) is 7.42. The first-order valence-corrected chi connectivity index (χ1v) is 5.62. The number of rotatable bonds is 7. The van der Waals surface area contributed by atoms with Gasteiger partial charge in [0.2, 0.25) is 5.91 Å². The molecule has 0 saturated carbocycles. The second kappa shape index (κ2) is 7.22. The van der Waals surface area contributed by atoms with Crippen LogP contribution in [0.1, 0.15) is 33.6 Å². The zero-order chi connectivity index (χ0) is 12.7. The third-order valence-electron chi connectivity index (χ3n) is 2.71. The van der Waals surface area contributed by atoms with Gasteiger partial charge < -0.3 is 15.3 Å². The van der Waals surface area contributed by atoms with Crippen molar-refractivity contribution in [1.82, 2.24) is 10.2 Å². The molecule has 0 fully saturated rings. The highest BCUT2D eigenvalue weighted by Crippen LogP contribution is 2.06. The van der Waals surface area contributed by atoms with Crippen molar-refractivity contribution < 1.29 is 14.7 Å². The van der Waals surface area contributed by atoms with Crippen LogP contribution in [0.15, 0.2) is 0 Å². The van der Waals surface area contributed by atoms with Crippen LogP contribution in [0.2, 0.25) is 0 Å². The van der Waals surface area contributed by atoms with E-state index in [9.17, 15) is 9.59 Å². The van der Waals surface area contributed by atoms with Crippen LogP contribution in [0.5, 0.6) is 0 Å². The number of aliphatic carboxylic acids is 1. The van der Waals surface area contributed by atoms with Gasteiger partial charge in [-0.15, -0.1) is 0 Å². The summed E-state index contributed by atoms with van der Waals surface area (Å²) in [5, 5.41) is 11.4. The summed E-state index contributed by atoms with van der Waals surface area (Å²) in [5.41, 5.74) is 0. The summed E-state index contributed by atoms with van der Waals surface area (Å²) < 4.78 is 0. The quantitative estimate of drug-likeness (QED) is 0.675. The zero-order valence-electron chi connectivity index (χ0n) is 10.5. The average molecular weight is 230 g/mol. The molecule has 0 spiro atoms. The van der Waals surface area contributed by atoms with Gasteiger partial charge in [-0.2, -0.15) is 0 Å². The fraction of sp³-hybridized carbons (Fsp3) is 0.818. The Bertz CT molecular complexity index is 239. The van der Waals surface area contributed by atoms with Crippen molar-refractivity contribution in [3.05, 3.63) is 0 Å². The van der Waals surface area contributed by atoms with Crippen molar-refractivity contribution in [3.8, 4) is 0 Å². The predicted molar refractivity (Wildman–Crippen MR) is 62.2 cm³/mol. The number of nitrogens with zero attached hydrogens (tertiary/aromatic N) is 1. The molecule has 0 radical (unpaired) electrons. The molecule has 0 aromatic heterocycles. The lowest BCUT2D eigenvalue weighted by molar-refractivity contribution is -0.142. The molecule has 1 unspecified atom stereocenters. The molecule has 5 nitrogen and oxygen atoms in total. The van der Waals surface area contributed by atoms with Crippen LogP contribution in [0, 0.1) is 0 Å². The van der Waals surface area contributed by atoms with Gasteiger partial charge in [0.1, 0.15) is 6.04 Å². The van der Waals surface area contributed by atoms with E-state index in [1.807, 2.05) is 11.9 Å². The molecule has 0 saturated heterocycles. The van der Waals surface area contributed by atoms with E-state index in [-0.39, 0.29) is 5.91 Å². The van der Waals surface area contributed by atoms with Gasteiger partial charge in [0.25, 0.3) is 0 Å². The SMILES string of the molecule is CCC(CC)N(C)CC(NC(C)=O)C(=O)O. The van der Waals surface area contributed by atoms with Crippen LogP contribution < -0.4 is 5.32 Å². The number of amides is 1. The highest BCUT2D eigenvalue weighted by atomic mass is 16.4. The van der Waals surface area contributed by atoms with Crippen LogP contribution >= 0.6 is 0 Å². The molecular weight excluding hydrogens is 208 g/mol. The minimum absolute atomic E-state index is 0.314. The molecule has 0 aliphatic heterocycles. The van der Waals surface area contributed by atoms with Crippen LogP contribution in [0.25, 0.3) is 0 Å². The standard InChI is InChI=1S/C11H22N2O3/c1-5-9(6-2)13(4)7-10(11(15)16)12-8(3)14/h9-10H,5-7H2,1-4H3,(H,12,14)(H,15,16). The van der Waals surface area contributed by atoms with Crippen molar-refractivity contribution in [2.24, 2.45) is 0 Å². The summed E-state index contributed by atoms with van der Waals surface area (Å²) in [5.74, 6) is -1.31. The molecule has 5 heteroatoms. The van der Waals surface area contributed by atoms with Gasteiger partial charge in [-0.3, -0.25) is 4.79 Å². The van der Waals surface area contributed by atoms with E-state index in [1.54, 1.807) is 0 Å². The van der Waals surface area contributed by atoms with Crippen LogP contribution in [-0.4, -0.2) is 47.6 Å². The average Bonchev–Trinajstić information content (AvgIpc) is 2.17. The maximum Gasteiger partial charge on any atom is 0.327 e. The Morgan fingerprint density at radius 3 is 2.12 bits per heavy atom. The van der Waals surface area contributed by atoms with Gasteiger partial charge >= 0.3 is 5.97 Å². The minimum Gasteiger partial charge on any atom is -0.480 e. The van der Waals surface area contributed by atoms with Crippen molar-refractivity contribution in [2.75, 3.05) is 13.6 Å². The number of carbonyl (C=O) groups excluding carboxylic acids is 1. The Morgan fingerprint density at radius 2 is 1.81 bits per heavy atom. The molecule has 1 amide bonds. The molecule has 2 N–H and O–H groups in total. The Kier molecular flexibility index (Phi) is 6.72. The molecule has 0 bridgehead atoms. The number of hydrogen-bond donors (Lipinski definition) is 2. The van der Waals surface area contributed by atoms with Gasteiger partial charge in [0, 0.05) is 19.5 Å². The van der Waals surface area contributed by atoms with Gasteiger partial charge in [-0.25, -0.2) is 4.79 Å². The van der Waals surface area contributed by atoms with E-state index in [1.165, 1.54) is 6.92 Å². The maximum atomic E-state index is 10.9. The summed E-state index contributed by atoms with van der Waals surface area (Å²) in [6, 6.07) is -0.473. The second-order valence-corrected chi connectivity index (χ2v) is 4.00. The molecule has 0 aliphatic carbocycles. The van der Waals surface area contributed by atoms with Crippen LogP contribution in [0.4, 0.5) is 0 Å². The number of hydrogen-bond acceptors (Lipinski definition) is 3. The van der Waals surface area contributed by atoms with E-state index < -0.39 is 12.0 Å². The maximum absolute atomic E-state index is 10.9. The third kappa shape index (κ3) is 5.11. The largest absolute Gasteiger partial charge is 0.480 e. The molecule has 16 heavy (non-hydrogen) atoms. The molecule has 94 valence electrons. The van der Waals surface area contributed by atoms with E-state index in [0.717, 1.165) is 12.8 Å². The van der Waals surface area contributed by atoms with E-state index in [2.05, 4.69) is 19.2 Å². The van der Waals surface area contributed by atoms with E-state index >= 15 is 0 Å². The smallest absolute Gasteiger partial charge is 0.327 e. The fourth-order valence-electron chi connectivity index (χ4n) is 1.78. The summed E-state index contributed by atoms with van der Waals surface area (Å²) >= 11 is 0. The normalized spacial score (nSPS) is 12.9. The van der Waals surface area contributed by atoms with Crippen molar-refractivity contribution >= 4 is 11.9 Å². The molecule has 0 aromatic carbocycles. The van der Waals surface area contributed by atoms with Crippen molar-refractivity contribution in [1.29, 1.82) is 0 Å². The summed E-state index contributed by atoms with van der Waals surface area (Å²) in [7, 11) is 1.88. The lowest BCUT2D eigenvalue weighted by Crippen LogP contribution is -2.49. The summed E-state index contributed by atoms with van der Waals surface area (Å²) in [6.45, 7) is 5.80. The summed E-state index contributed by atoms with van der Waals surface area (Å²) in [6.07, 6.45) is 1.94. The lowest BCUT2D eigenvalue weighted by atomic mass is 10.1. The second-order valence-electron chi connectivity index (χ2n) is 4.00. The van der Waals surface area contributed by atoms with Gasteiger partial charge in [0.15, 0.2) is 0 Å². The number of carboxylic acid groups (broad SMARTS) is 1. The van der Waals surface area contributed by atoms with E-state index in [0.29, 0.717) is 12.6 Å². The number of carbonyl (C=O) groups is 2. The van der Waals surface area contributed by atoms with Crippen molar-refractivity contribution in [2.45, 2.75) is 45.7 Å². The Hall–Kier alpha value is -1.10. The van der Waals surface area contributed by atoms with Crippen LogP contribution in [-0.2, 0) is 9.59 Å². The molecule has 0 heterocycles. The monoisotopic (exact) mass is 230 g/mol. The number of nitrogens with one attached hydrogen (secondary N) is 1. The topological polar surface area (TPSA) is 69.6 Å². The van der Waals surface area contributed by atoms with Gasteiger partial charge in [0.05, 0.1) is 0 Å². The first-order valence-electron chi connectivity index (χ1n) is 5.62. The van der Waals surface area contributed by atoms with Crippen LogP contribution in [0.3, 0.4) is 0 Å². The third-order valence-corrected chi connectivity index (χ3v) is 2.71. The Balaban J connectivity index is 4.38. The van der Waals surface area contributed by atoms with Crippen molar-refractivity contribution in [3.63, 3.8) is 0 Å². The van der Waals surface area contributed by atoms with E-state index in [4.69, 9.17) is 5.11 Å². The molecule has 1 atom stereocenters. The highest BCUT2D eigenvalue weighted by Gasteiger charge is 2.22. The Labute approximate surface area is 96.8 Å².